The summed E-state index contributed by atoms with van der Waals surface area (Å²) in [6.45, 7) is 9.29. The molecule has 8 heteroatoms. The molecule has 2 spiro atoms. The van der Waals surface area contributed by atoms with Gasteiger partial charge >= 0.3 is 0 Å². The predicted molar refractivity (Wildman–Crippen MR) is 341 cm³/mol. The standard InChI is InChI=1S/C38H27N3O.C23H13BrN2O.C16H16/c1-37(2)25-11-3-6-16-31(25)41(32-17-7-4-12-26(32)37)24-19-20-34-30(23-24)38(27-13-5-8-18-33(27)42-34)28-14-9-21-39-35(28)36-29(38)15-10-22-40-36;24-14-9-10-20-18(13-14)23(15-5-1-2-8-19(15)27-20)16-6-3-11-25-21(16)22-17(23)7-4-12-26-22;1-16(2)14-9-5-3-7-12(14)11-13-8-4-6-10-15(13)16/h3-23H,1-2H3;1-13H;3-10H,11H2,1-2H3. The Morgan fingerprint density at radius 2 is 0.671 bits per heavy atom. The molecule has 0 bridgehead atoms. The van der Waals surface area contributed by atoms with Gasteiger partial charge in [0.2, 0.25) is 0 Å². The predicted octanol–water partition coefficient (Wildman–Crippen LogP) is 18.7. The fourth-order valence-electron chi connectivity index (χ4n) is 15.1. The first-order chi connectivity index (χ1) is 41.6. The molecule has 18 rings (SSSR count). The van der Waals surface area contributed by atoms with E-state index in [1.165, 1.54) is 44.8 Å². The smallest absolute Gasteiger partial charge is 0.132 e. The van der Waals surface area contributed by atoms with Crippen molar-refractivity contribution in [2.24, 2.45) is 0 Å². The molecule has 0 fully saturated rings. The van der Waals surface area contributed by atoms with Gasteiger partial charge in [0.15, 0.2) is 0 Å². The molecule has 0 radical (unpaired) electrons. The summed E-state index contributed by atoms with van der Waals surface area (Å²) in [4.78, 5) is 21.6. The number of nitrogens with zero attached hydrogens (tertiary/aromatic N) is 5. The summed E-state index contributed by atoms with van der Waals surface area (Å²) in [5, 5.41) is 0. The Balaban J connectivity index is 0.000000116. The maximum absolute atomic E-state index is 6.65. The Morgan fingerprint density at radius 1 is 0.329 bits per heavy atom. The topological polar surface area (TPSA) is 73.3 Å². The Morgan fingerprint density at radius 3 is 1.13 bits per heavy atom. The molecular formula is C77H56BrN5O2. The van der Waals surface area contributed by atoms with Crippen LogP contribution in [0.3, 0.4) is 0 Å². The minimum Gasteiger partial charge on any atom is -0.457 e. The molecule has 0 amide bonds. The molecule has 85 heavy (non-hydrogen) atoms. The van der Waals surface area contributed by atoms with E-state index >= 15 is 0 Å². The van der Waals surface area contributed by atoms with Crippen LogP contribution in [0.4, 0.5) is 17.1 Å². The first-order valence-corrected chi connectivity index (χ1v) is 29.9. The van der Waals surface area contributed by atoms with E-state index in [0.29, 0.717) is 0 Å². The number of pyridine rings is 4. The summed E-state index contributed by atoms with van der Waals surface area (Å²) in [6, 6.07) is 81.5. The monoisotopic (exact) mass is 1160 g/mol. The minimum absolute atomic E-state index is 0.123. The van der Waals surface area contributed by atoms with Gasteiger partial charge in [-0.2, -0.15) is 0 Å². The maximum Gasteiger partial charge on any atom is 0.132 e. The first kappa shape index (κ1) is 50.9. The quantitative estimate of drug-likeness (QED) is 0.162. The second kappa shape index (κ2) is 19.1. The molecule has 4 aromatic heterocycles. The van der Waals surface area contributed by atoms with Crippen molar-refractivity contribution in [3.63, 3.8) is 0 Å². The van der Waals surface area contributed by atoms with E-state index in [9.17, 15) is 0 Å². The van der Waals surface area contributed by atoms with Gasteiger partial charge in [-0.1, -0.05) is 189 Å². The van der Waals surface area contributed by atoms with Crippen molar-refractivity contribution in [3.05, 3.63) is 338 Å². The van der Waals surface area contributed by atoms with Crippen LogP contribution < -0.4 is 14.4 Å². The molecule has 12 aromatic rings. The van der Waals surface area contributed by atoms with Crippen molar-refractivity contribution in [1.82, 2.24) is 19.9 Å². The van der Waals surface area contributed by atoms with Crippen molar-refractivity contribution < 1.29 is 9.47 Å². The van der Waals surface area contributed by atoms with E-state index in [1.54, 1.807) is 0 Å². The zero-order chi connectivity index (χ0) is 57.2. The molecule has 0 saturated carbocycles. The second-order valence-electron chi connectivity index (χ2n) is 23.7. The number of halogens is 1. The normalized spacial score (nSPS) is 15.6. The number of benzene rings is 8. The van der Waals surface area contributed by atoms with Gasteiger partial charge in [0.05, 0.1) is 45.0 Å². The fraction of sp³-hybridized carbons (Fsp3) is 0.117. The zero-order valence-electron chi connectivity index (χ0n) is 47.4. The SMILES string of the molecule is Brc1ccc2c(c1)C1(c3ccccc3O2)c2cccnc2-c2ncccc21.CC1(C)c2ccccc2Cc2ccccc21.CC1(C)c2ccccc2N(c2ccc3c(c2)C2(c4ccccc4O3)c3cccnc3-c3ncccc32)c2ccccc21. The van der Waals surface area contributed by atoms with Crippen LogP contribution in [-0.4, -0.2) is 19.9 Å². The van der Waals surface area contributed by atoms with Crippen molar-refractivity contribution in [2.45, 2.75) is 55.8 Å². The third-order valence-corrected chi connectivity index (χ3v) is 19.2. The Labute approximate surface area is 503 Å². The molecule has 7 heterocycles. The molecule has 0 saturated heterocycles. The Kier molecular flexibility index (Phi) is 11.5. The summed E-state index contributed by atoms with van der Waals surface area (Å²) < 4.78 is 14.0. The second-order valence-corrected chi connectivity index (χ2v) is 24.6. The van der Waals surface area contributed by atoms with Crippen LogP contribution in [0.2, 0.25) is 0 Å². The number of fused-ring (bicyclic) bond motifs is 22. The summed E-state index contributed by atoms with van der Waals surface area (Å²) in [6.07, 6.45) is 8.48. The van der Waals surface area contributed by atoms with Crippen molar-refractivity contribution in [3.8, 4) is 45.8 Å². The molecule has 0 atom stereocenters. The largest absolute Gasteiger partial charge is 0.457 e. The van der Waals surface area contributed by atoms with Crippen LogP contribution in [0, 0.1) is 0 Å². The number of ether oxygens (including phenoxy) is 2. The highest BCUT2D eigenvalue weighted by Crippen LogP contribution is 2.64. The lowest BCUT2D eigenvalue weighted by Gasteiger charge is -2.43. The number of hydrogen-bond acceptors (Lipinski definition) is 7. The number of anilines is 3. The van der Waals surface area contributed by atoms with Gasteiger partial charge in [-0.05, 0) is 147 Å². The molecule has 408 valence electrons. The van der Waals surface area contributed by atoms with E-state index < -0.39 is 10.8 Å². The van der Waals surface area contributed by atoms with Gasteiger partial charge in [-0.25, -0.2) is 0 Å². The first-order valence-electron chi connectivity index (χ1n) is 29.1. The number of rotatable bonds is 1. The molecule has 0 N–H and O–H groups in total. The summed E-state index contributed by atoms with van der Waals surface area (Å²) in [7, 11) is 0. The van der Waals surface area contributed by atoms with Crippen LogP contribution in [0.1, 0.15) is 106 Å². The lowest BCUT2D eigenvalue weighted by Crippen LogP contribution is -2.33. The highest BCUT2D eigenvalue weighted by molar-refractivity contribution is 9.10. The van der Waals surface area contributed by atoms with E-state index in [2.05, 4.69) is 224 Å². The summed E-state index contributed by atoms with van der Waals surface area (Å²) in [5.41, 5.74) is 23.7. The lowest BCUT2D eigenvalue weighted by atomic mass is 9.66. The zero-order valence-corrected chi connectivity index (χ0v) is 49.0. The molecule has 3 aliphatic carbocycles. The van der Waals surface area contributed by atoms with E-state index in [1.807, 2.05) is 79.4 Å². The van der Waals surface area contributed by atoms with Crippen LogP contribution in [0.15, 0.2) is 260 Å². The van der Waals surface area contributed by atoms with Gasteiger partial charge in [0.25, 0.3) is 0 Å². The van der Waals surface area contributed by atoms with Crippen LogP contribution in [0.25, 0.3) is 22.8 Å². The lowest BCUT2D eigenvalue weighted by molar-refractivity contribution is 0.436. The fourth-order valence-corrected chi connectivity index (χ4v) is 15.4. The molecular weight excluding hydrogens is 1110 g/mol. The average Bonchev–Trinajstić information content (AvgIpc) is 1.61. The van der Waals surface area contributed by atoms with Crippen molar-refractivity contribution in [1.29, 1.82) is 0 Å². The van der Waals surface area contributed by atoms with E-state index in [-0.39, 0.29) is 10.8 Å². The van der Waals surface area contributed by atoms with Crippen LogP contribution in [0.5, 0.6) is 23.0 Å². The number of para-hydroxylation sites is 4. The number of aromatic nitrogens is 4. The third-order valence-electron chi connectivity index (χ3n) is 18.7. The minimum atomic E-state index is -0.610. The Bertz CT molecular complexity index is 4530. The maximum atomic E-state index is 6.65. The van der Waals surface area contributed by atoms with Gasteiger partial charge in [0.1, 0.15) is 23.0 Å². The van der Waals surface area contributed by atoms with Gasteiger partial charge in [-0.15, -0.1) is 0 Å². The molecule has 6 aliphatic rings. The van der Waals surface area contributed by atoms with Gasteiger partial charge < -0.3 is 14.4 Å². The van der Waals surface area contributed by atoms with Crippen molar-refractivity contribution >= 4 is 33.0 Å². The van der Waals surface area contributed by atoms with E-state index in [0.717, 1.165) is 107 Å². The van der Waals surface area contributed by atoms with Crippen LogP contribution >= 0.6 is 15.9 Å². The molecule has 0 unspecified atom stereocenters. The highest BCUT2D eigenvalue weighted by atomic mass is 79.9. The van der Waals surface area contributed by atoms with E-state index in [4.69, 9.17) is 29.4 Å². The van der Waals surface area contributed by atoms with Gasteiger partial charge in [-0.3, -0.25) is 19.9 Å². The molecule has 8 aromatic carbocycles. The van der Waals surface area contributed by atoms with Gasteiger partial charge in [0, 0.05) is 68.0 Å². The summed E-state index contributed by atoms with van der Waals surface area (Å²) >= 11 is 3.65. The summed E-state index contributed by atoms with van der Waals surface area (Å²) in [5.74, 6) is 3.45. The molecule has 3 aliphatic heterocycles. The van der Waals surface area contributed by atoms with Crippen molar-refractivity contribution in [2.75, 3.05) is 4.90 Å². The number of hydrogen-bond donors (Lipinski definition) is 0. The third kappa shape index (κ3) is 7.31. The Hall–Kier alpha value is -9.76. The highest BCUT2D eigenvalue weighted by Gasteiger charge is 2.54. The van der Waals surface area contributed by atoms with Crippen LogP contribution in [-0.2, 0) is 28.1 Å². The molecule has 7 nitrogen and oxygen atoms in total. The average molecular weight is 1160 g/mol.